The molecule has 0 N–H and O–H groups in total. The monoisotopic (exact) mass is 413 g/mol. The van der Waals surface area contributed by atoms with E-state index < -0.39 is 29.9 Å². The first-order valence-corrected chi connectivity index (χ1v) is 9.60. The highest BCUT2D eigenvalue weighted by atomic mass is 16.7. The lowest BCUT2D eigenvalue weighted by molar-refractivity contribution is -0.164. The molecule has 4 amide bonds. The molecule has 0 bridgehead atoms. The third kappa shape index (κ3) is 3.10. The lowest BCUT2D eigenvalue weighted by atomic mass is 10.1. The number of ether oxygens (including phenoxy) is 2. The summed E-state index contributed by atoms with van der Waals surface area (Å²) in [6.45, 7) is 1.87. The van der Waals surface area contributed by atoms with Crippen molar-refractivity contribution in [2.45, 2.75) is 32.2 Å². The molecular weight excluding hydrogens is 394 g/mol. The summed E-state index contributed by atoms with van der Waals surface area (Å²) in [5.41, 5.74) is 0.417. The molecule has 1 saturated heterocycles. The molecule has 1 aromatic rings. The summed E-state index contributed by atoms with van der Waals surface area (Å²) in [4.78, 5) is 64.5. The molecule has 3 heterocycles. The van der Waals surface area contributed by atoms with Gasteiger partial charge in [0.15, 0.2) is 0 Å². The first-order valence-electron chi connectivity index (χ1n) is 9.60. The van der Waals surface area contributed by atoms with E-state index in [4.69, 9.17) is 9.47 Å². The van der Waals surface area contributed by atoms with E-state index in [9.17, 15) is 24.0 Å². The third-order valence-electron chi connectivity index (χ3n) is 5.11. The summed E-state index contributed by atoms with van der Waals surface area (Å²) in [6, 6.07) is 5.09. The van der Waals surface area contributed by atoms with Gasteiger partial charge in [-0.15, -0.1) is 0 Å². The summed E-state index contributed by atoms with van der Waals surface area (Å²) in [6.07, 6.45) is 0.758. The van der Waals surface area contributed by atoms with Crippen LogP contribution in [-0.2, 0) is 19.1 Å². The van der Waals surface area contributed by atoms with Crippen molar-refractivity contribution < 1.29 is 33.4 Å². The quantitative estimate of drug-likeness (QED) is 0.544. The molecule has 30 heavy (non-hydrogen) atoms. The van der Waals surface area contributed by atoms with Crippen molar-refractivity contribution in [3.05, 3.63) is 47.4 Å². The SMILES string of the molecule is CCOC(=O)OC1=CCCN2C(=O)CCC(N3C(=O)c4ccccc4C3=O)C(=O)N12. The number of carbonyl (C=O) groups excluding carboxylic acids is 5. The maximum absolute atomic E-state index is 13.4. The van der Waals surface area contributed by atoms with Gasteiger partial charge in [-0.3, -0.25) is 24.1 Å². The van der Waals surface area contributed by atoms with Gasteiger partial charge in [0.2, 0.25) is 11.8 Å². The minimum absolute atomic E-state index is 0.0250. The number of rotatable bonds is 3. The van der Waals surface area contributed by atoms with E-state index in [1.165, 1.54) is 23.2 Å². The van der Waals surface area contributed by atoms with Gasteiger partial charge < -0.3 is 9.47 Å². The first kappa shape index (κ1) is 19.6. The van der Waals surface area contributed by atoms with Crippen LogP contribution in [0.5, 0.6) is 0 Å². The second-order valence-corrected chi connectivity index (χ2v) is 6.86. The first-order chi connectivity index (χ1) is 14.4. The van der Waals surface area contributed by atoms with E-state index in [2.05, 4.69) is 0 Å². The molecule has 1 unspecified atom stereocenters. The number of hydrazine groups is 1. The standard InChI is InChI=1S/C20H19N3O7/c1-2-29-20(28)30-16-8-5-11-21-15(24)10-9-14(19(27)23(16)21)22-17(25)12-6-3-4-7-13(12)18(22)26/h3-4,6-8,14H,2,5,9-11H2,1H3. The molecule has 0 spiro atoms. The minimum Gasteiger partial charge on any atom is -0.434 e. The molecule has 0 aliphatic carbocycles. The van der Waals surface area contributed by atoms with Crippen LogP contribution >= 0.6 is 0 Å². The van der Waals surface area contributed by atoms with Gasteiger partial charge in [0.1, 0.15) is 6.04 Å². The Morgan fingerprint density at radius 2 is 1.77 bits per heavy atom. The molecule has 0 saturated carbocycles. The van der Waals surface area contributed by atoms with Crippen molar-refractivity contribution in [1.82, 2.24) is 14.9 Å². The minimum atomic E-state index is -1.21. The number of hydrogen-bond acceptors (Lipinski definition) is 7. The normalized spacial score (nSPS) is 21.2. The Kier molecular flexibility index (Phi) is 4.98. The maximum atomic E-state index is 13.4. The fourth-order valence-corrected chi connectivity index (χ4v) is 3.78. The summed E-state index contributed by atoms with van der Waals surface area (Å²) in [5.74, 6) is -2.44. The van der Waals surface area contributed by atoms with Crippen LogP contribution in [0, 0.1) is 0 Å². The van der Waals surface area contributed by atoms with Gasteiger partial charge in [0.25, 0.3) is 17.7 Å². The molecule has 0 radical (unpaired) electrons. The lowest BCUT2D eigenvalue weighted by Gasteiger charge is -2.37. The van der Waals surface area contributed by atoms with Crippen LogP contribution in [0.1, 0.15) is 46.9 Å². The van der Waals surface area contributed by atoms with E-state index in [0.29, 0.717) is 6.42 Å². The Bertz CT molecular complexity index is 951. The average molecular weight is 413 g/mol. The highest BCUT2D eigenvalue weighted by molar-refractivity contribution is 6.23. The van der Waals surface area contributed by atoms with Gasteiger partial charge in [-0.25, -0.2) is 9.80 Å². The number of imide groups is 1. The van der Waals surface area contributed by atoms with E-state index in [1.807, 2.05) is 0 Å². The van der Waals surface area contributed by atoms with Crippen LogP contribution in [0.4, 0.5) is 4.79 Å². The molecule has 1 atom stereocenters. The molecule has 0 aromatic heterocycles. The third-order valence-corrected chi connectivity index (χ3v) is 5.11. The average Bonchev–Trinajstić information content (AvgIpc) is 2.91. The summed E-state index contributed by atoms with van der Waals surface area (Å²) in [5, 5.41) is 2.11. The predicted octanol–water partition coefficient (Wildman–Crippen LogP) is 1.44. The summed E-state index contributed by atoms with van der Waals surface area (Å²) in [7, 11) is 0. The van der Waals surface area contributed by atoms with Crippen molar-refractivity contribution in [3.8, 4) is 0 Å². The Hall–Kier alpha value is -3.69. The van der Waals surface area contributed by atoms with Gasteiger partial charge >= 0.3 is 6.16 Å². The molecule has 10 nitrogen and oxygen atoms in total. The molecule has 10 heteroatoms. The number of nitrogens with zero attached hydrogens (tertiary/aromatic N) is 3. The summed E-state index contributed by atoms with van der Waals surface area (Å²) >= 11 is 0. The van der Waals surface area contributed by atoms with Crippen LogP contribution in [0.3, 0.4) is 0 Å². The van der Waals surface area contributed by atoms with Crippen molar-refractivity contribution >= 4 is 29.8 Å². The number of amides is 4. The van der Waals surface area contributed by atoms with Crippen LogP contribution in [-0.4, -0.2) is 63.9 Å². The number of fused-ring (bicyclic) bond motifs is 2. The zero-order valence-electron chi connectivity index (χ0n) is 16.2. The maximum Gasteiger partial charge on any atom is 0.515 e. The van der Waals surface area contributed by atoms with E-state index in [-0.39, 0.29) is 48.9 Å². The smallest absolute Gasteiger partial charge is 0.434 e. The van der Waals surface area contributed by atoms with Gasteiger partial charge in [-0.2, -0.15) is 5.01 Å². The van der Waals surface area contributed by atoms with Gasteiger partial charge in [0, 0.05) is 13.0 Å². The fraction of sp³-hybridized carbons (Fsp3) is 0.350. The molecule has 156 valence electrons. The van der Waals surface area contributed by atoms with E-state index in [0.717, 1.165) is 9.91 Å². The molecule has 1 fully saturated rings. The zero-order valence-corrected chi connectivity index (χ0v) is 16.2. The van der Waals surface area contributed by atoms with Crippen molar-refractivity contribution in [2.75, 3.05) is 13.2 Å². The Balaban J connectivity index is 1.68. The number of hydrogen-bond donors (Lipinski definition) is 0. The van der Waals surface area contributed by atoms with Crippen molar-refractivity contribution in [1.29, 1.82) is 0 Å². The Morgan fingerprint density at radius 3 is 2.40 bits per heavy atom. The van der Waals surface area contributed by atoms with Crippen LogP contribution in [0.15, 0.2) is 36.2 Å². The molecular formula is C20H19N3O7. The van der Waals surface area contributed by atoms with Gasteiger partial charge in [0.05, 0.1) is 17.7 Å². The highest BCUT2D eigenvalue weighted by Crippen LogP contribution is 2.31. The lowest BCUT2D eigenvalue weighted by Crippen LogP contribution is -2.56. The fourth-order valence-electron chi connectivity index (χ4n) is 3.78. The molecule has 3 aliphatic rings. The second kappa shape index (κ2) is 7.62. The Morgan fingerprint density at radius 1 is 1.10 bits per heavy atom. The van der Waals surface area contributed by atoms with Crippen LogP contribution in [0.25, 0.3) is 0 Å². The van der Waals surface area contributed by atoms with Gasteiger partial charge in [-0.1, -0.05) is 12.1 Å². The topological polar surface area (TPSA) is 114 Å². The largest absolute Gasteiger partial charge is 0.515 e. The number of benzene rings is 1. The Labute approximate surface area is 171 Å². The molecule has 3 aliphatic heterocycles. The molecule has 4 rings (SSSR count). The second-order valence-electron chi connectivity index (χ2n) is 6.86. The zero-order chi connectivity index (χ0) is 21.4. The van der Waals surface area contributed by atoms with E-state index in [1.54, 1.807) is 19.1 Å². The highest BCUT2D eigenvalue weighted by Gasteiger charge is 2.48. The number of carbonyl (C=O) groups is 5. The van der Waals surface area contributed by atoms with Crippen LogP contribution < -0.4 is 0 Å². The van der Waals surface area contributed by atoms with E-state index >= 15 is 0 Å². The van der Waals surface area contributed by atoms with Crippen LogP contribution in [0.2, 0.25) is 0 Å². The van der Waals surface area contributed by atoms with Crippen molar-refractivity contribution in [2.24, 2.45) is 0 Å². The van der Waals surface area contributed by atoms with Gasteiger partial charge in [-0.05, 0) is 38.0 Å². The van der Waals surface area contributed by atoms with Crippen molar-refractivity contribution in [3.63, 3.8) is 0 Å². The molecule has 1 aromatic carbocycles. The summed E-state index contributed by atoms with van der Waals surface area (Å²) < 4.78 is 9.88. The predicted molar refractivity (Wildman–Crippen MR) is 99.3 cm³/mol.